The summed E-state index contributed by atoms with van der Waals surface area (Å²) in [5.41, 5.74) is 4.09. The monoisotopic (exact) mass is 374 g/mol. The van der Waals surface area contributed by atoms with E-state index >= 15 is 0 Å². The molecule has 0 nitrogen and oxygen atoms in total. The number of unbranched alkanes of at least 4 members (excludes halogenated alkanes) is 1. The van der Waals surface area contributed by atoms with E-state index < -0.39 is 0 Å². The van der Waals surface area contributed by atoms with Gasteiger partial charge >= 0.3 is 0 Å². The summed E-state index contributed by atoms with van der Waals surface area (Å²) in [5.74, 6) is 9.28. The van der Waals surface area contributed by atoms with E-state index in [1.54, 1.807) is 0 Å². The molecule has 0 radical (unpaired) electrons. The molecule has 3 rings (SSSR count). The largest absolute Gasteiger partial charge is 0.0979 e. The van der Waals surface area contributed by atoms with Gasteiger partial charge in [-0.3, -0.25) is 0 Å². The van der Waals surface area contributed by atoms with E-state index in [1.165, 1.54) is 43.2 Å². The Hall–Kier alpha value is -2.00. The molecule has 1 saturated carbocycles. The first-order chi connectivity index (χ1) is 13.2. The summed E-state index contributed by atoms with van der Waals surface area (Å²) in [5, 5.41) is 0. The molecule has 28 heavy (non-hydrogen) atoms. The van der Waals surface area contributed by atoms with Crippen molar-refractivity contribution in [2.24, 2.45) is 11.8 Å². The minimum atomic E-state index is 0. The summed E-state index contributed by atoms with van der Waals surface area (Å²) < 4.78 is 0. The van der Waals surface area contributed by atoms with Crippen LogP contribution in [0.3, 0.4) is 0 Å². The molecule has 0 bridgehead atoms. The molecule has 150 valence electrons. The van der Waals surface area contributed by atoms with Crippen LogP contribution in [0, 0.1) is 23.7 Å². The van der Waals surface area contributed by atoms with Crippen molar-refractivity contribution in [1.29, 1.82) is 0 Å². The SMILES string of the molecule is C.CCC(C)CC1CCC(c2ccc(C#CCCCc3ccccc3)cc2)C1. The molecule has 0 N–H and O–H groups in total. The molecule has 1 fully saturated rings. The zero-order valence-corrected chi connectivity index (χ0v) is 17.1. The van der Waals surface area contributed by atoms with Gasteiger partial charge in [0.15, 0.2) is 0 Å². The summed E-state index contributed by atoms with van der Waals surface area (Å²) in [6, 6.07) is 19.8. The standard InChI is InChI=1S/C27H34.CH4/c1-3-22(2)20-25-16-19-27(21-25)26-17-14-24(15-18-26)13-9-5-8-12-23-10-6-4-7-11-23;/h4,6-7,10-11,14-15,17-18,22,25,27H,3,5,8,12,16,19-21H2,1-2H3;1H4. The molecular formula is C28H38. The average molecular weight is 375 g/mol. The predicted molar refractivity (Wildman–Crippen MR) is 124 cm³/mol. The van der Waals surface area contributed by atoms with Gasteiger partial charge in [0.25, 0.3) is 0 Å². The minimum Gasteiger partial charge on any atom is -0.0979 e. The summed E-state index contributed by atoms with van der Waals surface area (Å²) in [6.45, 7) is 4.72. The molecule has 0 spiro atoms. The highest BCUT2D eigenvalue weighted by atomic mass is 14.3. The van der Waals surface area contributed by atoms with E-state index in [2.05, 4.69) is 80.3 Å². The third kappa shape index (κ3) is 6.87. The molecule has 1 aliphatic carbocycles. The molecule has 0 aromatic heterocycles. The van der Waals surface area contributed by atoms with Gasteiger partial charge < -0.3 is 0 Å². The molecule has 2 aromatic rings. The molecule has 0 heteroatoms. The Balaban J connectivity index is 0.00000280. The maximum atomic E-state index is 3.35. The van der Waals surface area contributed by atoms with Gasteiger partial charge in [-0.05, 0) is 79.5 Å². The van der Waals surface area contributed by atoms with Crippen LogP contribution in [-0.4, -0.2) is 0 Å². The second-order valence-corrected chi connectivity index (χ2v) is 8.39. The van der Waals surface area contributed by atoms with E-state index in [1.807, 2.05) is 0 Å². The summed E-state index contributed by atoms with van der Waals surface area (Å²) >= 11 is 0. The molecule has 0 saturated heterocycles. The van der Waals surface area contributed by atoms with Gasteiger partial charge in [-0.15, -0.1) is 0 Å². The second-order valence-electron chi connectivity index (χ2n) is 8.39. The Morgan fingerprint density at radius 3 is 2.46 bits per heavy atom. The van der Waals surface area contributed by atoms with E-state index in [0.717, 1.165) is 42.6 Å². The Kier molecular flexibility index (Phi) is 9.36. The lowest BCUT2D eigenvalue weighted by atomic mass is 9.90. The van der Waals surface area contributed by atoms with Crippen molar-refractivity contribution in [3.63, 3.8) is 0 Å². The Labute approximate surface area is 173 Å². The lowest BCUT2D eigenvalue weighted by Crippen LogP contribution is -2.02. The van der Waals surface area contributed by atoms with Gasteiger partial charge in [0, 0.05) is 12.0 Å². The van der Waals surface area contributed by atoms with Gasteiger partial charge in [0.1, 0.15) is 0 Å². The van der Waals surface area contributed by atoms with E-state index in [9.17, 15) is 0 Å². The quantitative estimate of drug-likeness (QED) is 0.340. The number of benzene rings is 2. The van der Waals surface area contributed by atoms with Crippen LogP contribution < -0.4 is 0 Å². The zero-order valence-electron chi connectivity index (χ0n) is 17.1. The number of aryl methyl sites for hydroxylation is 1. The lowest BCUT2D eigenvalue weighted by Gasteiger charge is -2.15. The van der Waals surface area contributed by atoms with Crippen LogP contribution in [-0.2, 0) is 6.42 Å². The van der Waals surface area contributed by atoms with Gasteiger partial charge in [-0.1, -0.05) is 82.0 Å². The number of hydrogen-bond acceptors (Lipinski definition) is 0. The highest BCUT2D eigenvalue weighted by Gasteiger charge is 2.26. The number of rotatable bonds is 7. The highest BCUT2D eigenvalue weighted by Crippen LogP contribution is 2.41. The van der Waals surface area contributed by atoms with Gasteiger partial charge in [-0.25, -0.2) is 0 Å². The number of hydrogen-bond donors (Lipinski definition) is 0. The summed E-state index contributed by atoms with van der Waals surface area (Å²) in [7, 11) is 0. The van der Waals surface area contributed by atoms with Crippen LogP contribution in [0.2, 0.25) is 0 Å². The van der Waals surface area contributed by atoms with Gasteiger partial charge in [0.2, 0.25) is 0 Å². The van der Waals surface area contributed by atoms with Crippen LogP contribution in [0.1, 0.15) is 88.8 Å². The van der Waals surface area contributed by atoms with Gasteiger partial charge in [-0.2, -0.15) is 0 Å². The van der Waals surface area contributed by atoms with Crippen molar-refractivity contribution in [2.75, 3.05) is 0 Å². The maximum absolute atomic E-state index is 3.35. The van der Waals surface area contributed by atoms with E-state index in [4.69, 9.17) is 0 Å². The van der Waals surface area contributed by atoms with Crippen molar-refractivity contribution in [3.05, 3.63) is 71.3 Å². The Bertz CT molecular complexity index is 729. The third-order valence-corrected chi connectivity index (χ3v) is 6.20. The normalized spacial score (nSPS) is 19.4. The molecule has 3 unspecified atom stereocenters. The zero-order chi connectivity index (χ0) is 18.9. The second kappa shape index (κ2) is 11.8. The third-order valence-electron chi connectivity index (χ3n) is 6.20. The molecule has 2 aromatic carbocycles. The van der Waals surface area contributed by atoms with Crippen LogP contribution in [0.15, 0.2) is 54.6 Å². The van der Waals surface area contributed by atoms with Crippen molar-refractivity contribution in [1.82, 2.24) is 0 Å². The topological polar surface area (TPSA) is 0 Å². The maximum Gasteiger partial charge on any atom is 0.0245 e. The fourth-order valence-electron chi connectivity index (χ4n) is 4.36. The van der Waals surface area contributed by atoms with E-state index in [0.29, 0.717) is 0 Å². The van der Waals surface area contributed by atoms with Crippen LogP contribution in [0.4, 0.5) is 0 Å². The molecule has 0 amide bonds. The lowest BCUT2D eigenvalue weighted by molar-refractivity contribution is 0.386. The first-order valence-electron chi connectivity index (χ1n) is 10.9. The average Bonchev–Trinajstić information content (AvgIpc) is 3.17. The molecule has 0 heterocycles. The predicted octanol–water partition coefficient (Wildman–Crippen LogP) is 8.02. The van der Waals surface area contributed by atoms with Crippen LogP contribution in [0.5, 0.6) is 0 Å². The molecular weight excluding hydrogens is 336 g/mol. The summed E-state index contributed by atoms with van der Waals surface area (Å²) in [4.78, 5) is 0. The summed E-state index contributed by atoms with van der Waals surface area (Å²) in [6.07, 6.45) is 10.1. The minimum absolute atomic E-state index is 0. The van der Waals surface area contributed by atoms with Crippen molar-refractivity contribution in [2.45, 2.75) is 78.6 Å². The fraction of sp³-hybridized carbons (Fsp3) is 0.500. The Morgan fingerprint density at radius 2 is 1.75 bits per heavy atom. The van der Waals surface area contributed by atoms with Crippen molar-refractivity contribution < 1.29 is 0 Å². The Morgan fingerprint density at radius 1 is 1.00 bits per heavy atom. The molecule has 1 aliphatic rings. The van der Waals surface area contributed by atoms with E-state index in [-0.39, 0.29) is 7.43 Å². The molecule has 0 aliphatic heterocycles. The van der Waals surface area contributed by atoms with Crippen molar-refractivity contribution in [3.8, 4) is 11.8 Å². The smallest absolute Gasteiger partial charge is 0.0245 e. The first-order valence-corrected chi connectivity index (χ1v) is 10.9. The molecule has 3 atom stereocenters. The van der Waals surface area contributed by atoms with Crippen molar-refractivity contribution >= 4 is 0 Å². The van der Waals surface area contributed by atoms with Crippen LogP contribution in [0.25, 0.3) is 0 Å². The first kappa shape index (κ1) is 22.3. The van der Waals surface area contributed by atoms with Crippen LogP contribution >= 0.6 is 0 Å². The van der Waals surface area contributed by atoms with Gasteiger partial charge in [0.05, 0.1) is 0 Å². The highest BCUT2D eigenvalue weighted by molar-refractivity contribution is 5.37. The fourth-order valence-corrected chi connectivity index (χ4v) is 4.36.